The van der Waals surface area contributed by atoms with E-state index in [1.54, 1.807) is 11.3 Å². The number of amides is 1. The van der Waals surface area contributed by atoms with Crippen molar-refractivity contribution in [1.82, 2.24) is 9.80 Å². The summed E-state index contributed by atoms with van der Waals surface area (Å²) >= 11 is 1.80. The molecule has 6 heteroatoms. The summed E-state index contributed by atoms with van der Waals surface area (Å²) in [5.41, 5.74) is 1.73. The first-order valence-electron chi connectivity index (χ1n) is 10.8. The molecular weight excluding hydrogens is 406 g/mol. The normalized spacial score (nSPS) is 16.0. The van der Waals surface area contributed by atoms with E-state index in [4.69, 9.17) is 4.74 Å². The number of nitrogens with zero attached hydrogens (tertiary/aromatic N) is 2. The molecule has 5 nitrogen and oxygen atoms in total. The summed E-state index contributed by atoms with van der Waals surface area (Å²) in [6, 6.07) is 21.6. The van der Waals surface area contributed by atoms with Gasteiger partial charge in [0.15, 0.2) is 0 Å². The molecule has 1 aliphatic heterocycles. The molecule has 1 saturated heterocycles. The van der Waals surface area contributed by atoms with Crippen molar-refractivity contribution >= 4 is 22.9 Å². The molecule has 3 aromatic rings. The molecule has 1 amide bonds. The van der Waals surface area contributed by atoms with Gasteiger partial charge in [0.2, 0.25) is 5.91 Å². The Kier molecular flexibility index (Phi) is 7.35. The van der Waals surface area contributed by atoms with Crippen molar-refractivity contribution < 1.29 is 9.53 Å². The summed E-state index contributed by atoms with van der Waals surface area (Å²) in [6.07, 6.45) is 0. The minimum atomic E-state index is -0.334. The first kappa shape index (κ1) is 21.6. The Bertz CT molecular complexity index is 954. The average molecular weight is 436 g/mol. The van der Waals surface area contributed by atoms with Gasteiger partial charge in [0.25, 0.3) is 0 Å². The molecule has 1 fully saturated rings. The predicted octanol–water partition coefficient (Wildman–Crippen LogP) is 4.64. The number of anilines is 1. The zero-order chi connectivity index (χ0) is 21.5. The fourth-order valence-corrected chi connectivity index (χ4v) is 4.76. The molecular formula is C25H29N3O2S. The van der Waals surface area contributed by atoms with Crippen molar-refractivity contribution in [2.45, 2.75) is 19.5 Å². The first-order chi connectivity index (χ1) is 15.2. The van der Waals surface area contributed by atoms with Crippen molar-refractivity contribution in [2.24, 2.45) is 0 Å². The highest BCUT2D eigenvalue weighted by Gasteiger charge is 2.31. The van der Waals surface area contributed by atoms with Crippen LogP contribution < -0.4 is 10.1 Å². The molecule has 4 rings (SSSR count). The Morgan fingerprint density at radius 1 is 1.00 bits per heavy atom. The van der Waals surface area contributed by atoms with Gasteiger partial charge in [0, 0.05) is 37.6 Å². The maximum Gasteiger partial charge on any atom is 0.246 e. The van der Waals surface area contributed by atoms with Crippen molar-refractivity contribution in [2.75, 3.05) is 38.1 Å². The highest BCUT2D eigenvalue weighted by atomic mass is 32.1. The molecule has 0 aliphatic carbocycles. The van der Waals surface area contributed by atoms with E-state index >= 15 is 0 Å². The van der Waals surface area contributed by atoms with Crippen LogP contribution in [0.1, 0.15) is 23.4 Å². The maximum absolute atomic E-state index is 13.5. The summed E-state index contributed by atoms with van der Waals surface area (Å²) in [6.45, 7) is 7.09. The molecule has 1 aliphatic rings. The van der Waals surface area contributed by atoms with E-state index in [2.05, 4.69) is 32.6 Å². The van der Waals surface area contributed by atoms with E-state index in [0.29, 0.717) is 18.0 Å². The zero-order valence-electron chi connectivity index (χ0n) is 17.9. The van der Waals surface area contributed by atoms with Gasteiger partial charge in [-0.1, -0.05) is 48.5 Å². The zero-order valence-corrected chi connectivity index (χ0v) is 18.7. The molecule has 0 spiro atoms. The van der Waals surface area contributed by atoms with Gasteiger partial charge < -0.3 is 10.1 Å². The van der Waals surface area contributed by atoms with Crippen molar-refractivity contribution in [3.63, 3.8) is 0 Å². The third-order valence-corrected chi connectivity index (χ3v) is 6.40. The van der Waals surface area contributed by atoms with E-state index in [1.807, 2.05) is 61.5 Å². The van der Waals surface area contributed by atoms with Gasteiger partial charge in [0.1, 0.15) is 11.8 Å². The number of carbonyl (C=O) groups is 1. The van der Waals surface area contributed by atoms with Crippen molar-refractivity contribution in [3.8, 4) is 5.75 Å². The number of piperazine rings is 1. The van der Waals surface area contributed by atoms with Gasteiger partial charge in [-0.15, -0.1) is 11.3 Å². The summed E-state index contributed by atoms with van der Waals surface area (Å²) < 4.78 is 5.70. The fourth-order valence-electron chi connectivity index (χ4n) is 4.02. The van der Waals surface area contributed by atoms with Crippen LogP contribution in [0, 0.1) is 0 Å². The van der Waals surface area contributed by atoms with Gasteiger partial charge in [-0.05, 0) is 36.1 Å². The Morgan fingerprint density at radius 3 is 2.45 bits per heavy atom. The molecule has 2 heterocycles. The number of para-hydroxylation sites is 2. The number of hydrogen-bond acceptors (Lipinski definition) is 5. The van der Waals surface area contributed by atoms with Crippen molar-refractivity contribution in [3.05, 3.63) is 82.6 Å². The lowest BCUT2D eigenvalue weighted by atomic mass is 10.0. The summed E-state index contributed by atoms with van der Waals surface area (Å²) in [7, 11) is 0. The van der Waals surface area contributed by atoms with E-state index in [1.165, 1.54) is 4.88 Å². The average Bonchev–Trinajstić information content (AvgIpc) is 3.30. The second-order valence-electron chi connectivity index (χ2n) is 7.62. The number of hydrogen-bond donors (Lipinski definition) is 1. The van der Waals surface area contributed by atoms with Gasteiger partial charge in [-0.2, -0.15) is 0 Å². The Hall–Kier alpha value is -2.67. The van der Waals surface area contributed by atoms with Crippen LogP contribution in [0.3, 0.4) is 0 Å². The summed E-state index contributed by atoms with van der Waals surface area (Å²) in [4.78, 5) is 19.6. The van der Waals surface area contributed by atoms with Crippen LogP contribution in [-0.4, -0.2) is 48.5 Å². The standard InChI is InChI=1S/C25H29N3O2S/c1-2-30-23-13-7-6-12-22(23)26-25(29)24(20-9-4-3-5-10-20)28-16-14-27(15-17-28)19-21-11-8-18-31-21/h3-13,18,24H,2,14-17,19H2,1H3,(H,26,29)/t24-/m0/s1. The third kappa shape index (κ3) is 5.53. The molecule has 0 radical (unpaired) electrons. The molecule has 31 heavy (non-hydrogen) atoms. The lowest BCUT2D eigenvalue weighted by Crippen LogP contribution is -2.49. The largest absolute Gasteiger partial charge is 0.492 e. The minimum absolute atomic E-state index is 0.0231. The molecule has 1 N–H and O–H groups in total. The topological polar surface area (TPSA) is 44.8 Å². The second-order valence-corrected chi connectivity index (χ2v) is 8.66. The number of ether oxygens (including phenoxy) is 1. The Labute approximate surface area is 188 Å². The van der Waals surface area contributed by atoms with E-state index in [9.17, 15) is 4.79 Å². The molecule has 162 valence electrons. The van der Waals surface area contributed by atoms with Crippen LogP contribution in [0.5, 0.6) is 5.75 Å². The molecule has 1 atom stereocenters. The summed E-state index contributed by atoms with van der Waals surface area (Å²) in [5, 5.41) is 5.25. The first-order valence-corrected chi connectivity index (χ1v) is 11.7. The predicted molar refractivity (Wildman–Crippen MR) is 127 cm³/mol. The highest BCUT2D eigenvalue weighted by Crippen LogP contribution is 2.28. The number of thiophene rings is 1. The minimum Gasteiger partial charge on any atom is -0.492 e. The van der Waals surface area contributed by atoms with E-state index < -0.39 is 0 Å². The quantitative estimate of drug-likeness (QED) is 0.560. The number of carbonyl (C=O) groups excluding carboxylic acids is 1. The second kappa shape index (κ2) is 10.6. The Morgan fingerprint density at radius 2 is 1.74 bits per heavy atom. The number of benzene rings is 2. The molecule has 0 bridgehead atoms. The number of rotatable bonds is 8. The van der Waals surface area contributed by atoms with Crippen LogP contribution in [0.25, 0.3) is 0 Å². The van der Waals surface area contributed by atoms with Gasteiger partial charge in [-0.3, -0.25) is 14.6 Å². The van der Waals surface area contributed by atoms with Crippen LogP contribution >= 0.6 is 11.3 Å². The van der Waals surface area contributed by atoms with E-state index in [-0.39, 0.29) is 11.9 Å². The smallest absolute Gasteiger partial charge is 0.246 e. The van der Waals surface area contributed by atoms with Crippen LogP contribution in [-0.2, 0) is 11.3 Å². The van der Waals surface area contributed by atoms with Crippen LogP contribution in [0.4, 0.5) is 5.69 Å². The van der Waals surface area contributed by atoms with Crippen molar-refractivity contribution in [1.29, 1.82) is 0 Å². The molecule has 2 aromatic carbocycles. The summed E-state index contributed by atoms with van der Waals surface area (Å²) in [5.74, 6) is 0.677. The monoisotopic (exact) mass is 435 g/mol. The molecule has 0 saturated carbocycles. The number of nitrogens with one attached hydrogen (secondary N) is 1. The molecule has 1 aromatic heterocycles. The maximum atomic E-state index is 13.5. The van der Waals surface area contributed by atoms with Crippen LogP contribution in [0.2, 0.25) is 0 Å². The van der Waals surface area contributed by atoms with E-state index in [0.717, 1.165) is 38.3 Å². The third-order valence-electron chi connectivity index (χ3n) is 5.54. The molecule has 0 unspecified atom stereocenters. The SMILES string of the molecule is CCOc1ccccc1NC(=O)[C@H](c1ccccc1)N1CCN(Cc2cccs2)CC1. The van der Waals surface area contributed by atoms with Gasteiger partial charge >= 0.3 is 0 Å². The lowest BCUT2D eigenvalue weighted by molar-refractivity contribution is -0.122. The highest BCUT2D eigenvalue weighted by molar-refractivity contribution is 7.09. The van der Waals surface area contributed by atoms with Crippen LogP contribution in [0.15, 0.2) is 72.1 Å². The lowest BCUT2D eigenvalue weighted by Gasteiger charge is -2.38. The fraction of sp³-hybridized carbons (Fsp3) is 0.320. The Balaban J connectivity index is 1.48. The van der Waals surface area contributed by atoms with Gasteiger partial charge in [-0.25, -0.2) is 0 Å². The van der Waals surface area contributed by atoms with Gasteiger partial charge in [0.05, 0.1) is 12.3 Å².